The summed E-state index contributed by atoms with van der Waals surface area (Å²) in [4.78, 5) is 0. The van der Waals surface area contributed by atoms with Crippen LogP contribution in [0.5, 0.6) is 0 Å². The minimum absolute atomic E-state index is 0.0595. The molecule has 0 saturated heterocycles. The molecule has 0 unspecified atom stereocenters. The Labute approximate surface area is 83.7 Å². The van der Waals surface area contributed by atoms with E-state index in [1.807, 2.05) is 0 Å². The van der Waals surface area contributed by atoms with Crippen LogP contribution in [0.2, 0.25) is 0 Å². The molecule has 1 heterocycles. The fourth-order valence-electron chi connectivity index (χ4n) is 1.11. The highest BCUT2D eigenvalue weighted by Crippen LogP contribution is 2.22. The van der Waals surface area contributed by atoms with Crippen molar-refractivity contribution in [2.24, 2.45) is 5.73 Å². The molecule has 2 aromatic rings. The maximum absolute atomic E-state index is 13.3. The van der Waals surface area contributed by atoms with Crippen LogP contribution in [0.25, 0.3) is 11.5 Å². The third-order valence-corrected chi connectivity index (χ3v) is 1.82. The molecule has 0 bridgehead atoms. The van der Waals surface area contributed by atoms with E-state index < -0.39 is 11.6 Å². The molecule has 15 heavy (non-hydrogen) atoms. The number of nitrogens with two attached hydrogens (primary N) is 1. The lowest BCUT2D eigenvalue weighted by Crippen LogP contribution is -1.95. The zero-order valence-electron chi connectivity index (χ0n) is 7.58. The van der Waals surface area contributed by atoms with Crippen molar-refractivity contribution in [3.05, 3.63) is 35.7 Å². The van der Waals surface area contributed by atoms with Gasteiger partial charge in [0.15, 0.2) is 11.6 Å². The Morgan fingerprint density at radius 1 is 1.27 bits per heavy atom. The molecular weight excluding hydrogens is 204 g/mol. The van der Waals surface area contributed by atoms with E-state index in [4.69, 9.17) is 10.2 Å². The van der Waals surface area contributed by atoms with Gasteiger partial charge in [-0.1, -0.05) is 6.07 Å². The summed E-state index contributed by atoms with van der Waals surface area (Å²) in [5.41, 5.74) is 5.18. The highest BCUT2D eigenvalue weighted by molar-refractivity contribution is 5.53. The summed E-state index contributed by atoms with van der Waals surface area (Å²) < 4.78 is 31.1. The summed E-state index contributed by atoms with van der Waals surface area (Å²) in [7, 11) is 0. The van der Waals surface area contributed by atoms with Gasteiger partial charge in [-0.2, -0.15) is 0 Å². The minimum atomic E-state index is -1.01. The topological polar surface area (TPSA) is 64.9 Å². The first kappa shape index (κ1) is 9.72. The molecule has 0 aliphatic carbocycles. The lowest BCUT2D eigenvalue weighted by Gasteiger charge is -1.97. The Hall–Kier alpha value is -1.82. The van der Waals surface area contributed by atoms with E-state index >= 15 is 0 Å². The van der Waals surface area contributed by atoms with E-state index in [2.05, 4.69) is 10.2 Å². The molecule has 0 radical (unpaired) electrons. The van der Waals surface area contributed by atoms with Crippen LogP contribution < -0.4 is 5.73 Å². The maximum Gasteiger partial charge on any atom is 0.250 e. The SMILES string of the molecule is NCc1nnc(-c2cccc(F)c2F)o1. The van der Waals surface area contributed by atoms with E-state index in [0.29, 0.717) is 0 Å². The molecule has 4 nitrogen and oxygen atoms in total. The van der Waals surface area contributed by atoms with Crippen molar-refractivity contribution in [2.45, 2.75) is 6.54 Å². The standard InChI is InChI=1S/C9H7F2N3O/c10-6-3-1-2-5(8(6)11)9-14-13-7(4-12)15-9/h1-3H,4,12H2. The molecular formula is C9H7F2N3O. The summed E-state index contributed by atoms with van der Waals surface area (Å²) in [6.07, 6.45) is 0. The number of nitrogens with zero attached hydrogens (tertiary/aromatic N) is 2. The summed E-state index contributed by atoms with van der Waals surface area (Å²) in [5.74, 6) is -1.87. The second-order valence-electron chi connectivity index (χ2n) is 2.81. The number of hydrogen-bond acceptors (Lipinski definition) is 4. The van der Waals surface area contributed by atoms with Gasteiger partial charge in [-0.15, -0.1) is 10.2 Å². The van der Waals surface area contributed by atoms with Crippen LogP contribution in [0, 0.1) is 11.6 Å². The molecule has 0 fully saturated rings. The fraction of sp³-hybridized carbons (Fsp3) is 0.111. The molecule has 0 atom stereocenters. The lowest BCUT2D eigenvalue weighted by molar-refractivity contribution is 0.488. The van der Waals surface area contributed by atoms with Gasteiger partial charge in [-0.05, 0) is 12.1 Å². The normalized spacial score (nSPS) is 10.6. The molecule has 2 N–H and O–H groups in total. The van der Waals surface area contributed by atoms with Gasteiger partial charge >= 0.3 is 0 Å². The minimum Gasteiger partial charge on any atom is -0.419 e. The molecule has 78 valence electrons. The van der Waals surface area contributed by atoms with Gasteiger partial charge in [0.05, 0.1) is 12.1 Å². The van der Waals surface area contributed by atoms with Crippen LogP contribution in [0.4, 0.5) is 8.78 Å². The van der Waals surface area contributed by atoms with Crippen LogP contribution in [-0.2, 0) is 6.54 Å². The van der Waals surface area contributed by atoms with Gasteiger partial charge in [0.2, 0.25) is 5.89 Å². The lowest BCUT2D eigenvalue weighted by atomic mass is 10.2. The first-order chi connectivity index (χ1) is 7.22. The number of aromatic nitrogens is 2. The molecule has 0 spiro atoms. The van der Waals surface area contributed by atoms with Gasteiger partial charge in [0.1, 0.15) is 0 Å². The molecule has 0 amide bonds. The Morgan fingerprint density at radius 2 is 2.07 bits per heavy atom. The van der Waals surface area contributed by atoms with E-state index in [1.165, 1.54) is 12.1 Å². The molecule has 0 aliphatic heterocycles. The van der Waals surface area contributed by atoms with Gasteiger partial charge in [-0.25, -0.2) is 8.78 Å². The molecule has 1 aromatic carbocycles. The third-order valence-electron chi connectivity index (χ3n) is 1.82. The van der Waals surface area contributed by atoms with E-state index in [0.717, 1.165) is 6.07 Å². The summed E-state index contributed by atoms with van der Waals surface area (Å²) >= 11 is 0. The van der Waals surface area contributed by atoms with Crippen molar-refractivity contribution < 1.29 is 13.2 Å². The fourth-order valence-corrected chi connectivity index (χ4v) is 1.11. The van der Waals surface area contributed by atoms with Gasteiger partial charge in [-0.3, -0.25) is 0 Å². The van der Waals surface area contributed by atoms with Gasteiger partial charge in [0, 0.05) is 0 Å². The average molecular weight is 211 g/mol. The second-order valence-corrected chi connectivity index (χ2v) is 2.81. The molecule has 0 aliphatic rings. The number of hydrogen-bond donors (Lipinski definition) is 1. The first-order valence-corrected chi connectivity index (χ1v) is 4.19. The van der Waals surface area contributed by atoms with Crippen molar-refractivity contribution in [3.63, 3.8) is 0 Å². The Bertz CT molecular complexity index is 484. The van der Waals surface area contributed by atoms with Crippen molar-refractivity contribution >= 4 is 0 Å². The average Bonchev–Trinajstić information content (AvgIpc) is 2.70. The van der Waals surface area contributed by atoms with Crippen LogP contribution in [0.1, 0.15) is 5.89 Å². The Balaban J connectivity index is 2.49. The smallest absolute Gasteiger partial charge is 0.250 e. The van der Waals surface area contributed by atoms with Crippen molar-refractivity contribution in [2.75, 3.05) is 0 Å². The number of halogens is 2. The molecule has 0 saturated carbocycles. The summed E-state index contributed by atoms with van der Waals surface area (Å²) in [6.45, 7) is 0.0595. The van der Waals surface area contributed by atoms with Crippen LogP contribution >= 0.6 is 0 Å². The maximum atomic E-state index is 13.3. The van der Waals surface area contributed by atoms with E-state index in [9.17, 15) is 8.78 Å². The van der Waals surface area contributed by atoms with Crippen LogP contribution in [0.15, 0.2) is 22.6 Å². The highest BCUT2D eigenvalue weighted by Gasteiger charge is 2.14. The molecule has 2 rings (SSSR count). The van der Waals surface area contributed by atoms with E-state index in [1.54, 1.807) is 0 Å². The number of benzene rings is 1. The Morgan fingerprint density at radius 3 is 2.73 bits per heavy atom. The van der Waals surface area contributed by atoms with Crippen molar-refractivity contribution in [1.29, 1.82) is 0 Å². The van der Waals surface area contributed by atoms with Crippen LogP contribution in [-0.4, -0.2) is 10.2 Å². The van der Waals surface area contributed by atoms with Crippen molar-refractivity contribution in [1.82, 2.24) is 10.2 Å². The first-order valence-electron chi connectivity index (χ1n) is 4.19. The van der Waals surface area contributed by atoms with Gasteiger partial charge < -0.3 is 10.2 Å². The monoisotopic (exact) mass is 211 g/mol. The predicted octanol–water partition coefficient (Wildman–Crippen LogP) is 1.47. The van der Waals surface area contributed by atoms with E-state index in [-0.39, 0.29) is 23.9 Å². The van der Waals surface area contributed by atoms with Gasteiger partial charge in [0.25, 0.3) is 5.89 Å². The summed E-state index contributed by atoms with van der Waals surface area (Å²) in [6, 6.07) is 3.73. The quantitative estimate of drug-likeness (QED) is 0.816. The number of rotatable bonds is 2. The zero-order chi connectivity index (χ0) is 10.8. The molecule has 6 heteroatoms. The summed E-state index contributed by atoms with van der Waals surface area (Å²) in [5, 5.41) is 7.11. The van der Waals surface area contributed by atoms with Crippen LogP contribution in [0.3, 0.4) is 0 Å². The second kappa shape index (κ2) is 3.74. The largest absolute Gasteiger partial charge is 0.419 e. The zero-order valence-corrected chi connectivity index (χ0v) is 7.58. The highest BCUT2D eigenvalue weighted by atomic mass is 19.2. The Kier molecular flexibility index (Phi) is 2.42. The molecule has 1 aromatic heterocycles. The van der Waals surface area contributed by atoms with Crippen molar-refractivity contribution in [3.8, 4) is 11.5 Å². The third kappa shape index (κ3) is 1.71. The predicted molar refractivity (Wildman–Crippen MR) is 47.5 cm³/mol.